The van der Waals surface area contributed by atoms with Crippen LogP contribution in [0.1, 0.15) is 17.5 Å². The summed E-state index contributed by atoms with van der Waals surface area (Å²) in [7, 11) is 0. The van der Waals surface area contributed by atoms with Crippen molar-refractivity contribution in [3.63, 3.8) is 0 Å². The summed E-state index contributed by atoms with van der Waals surface area (Å²) in [6, 6.07) is 8.13. The van der Waals surface area contributed by atoms with Gasteiger partial charge in [-0.1, -0.05) is 23.2 Å². The lowest BCUT2D eigenvalue weighted by molar-refractivity contribution is -0.116. The maximum absolute atomic E-state index is 11.8. The highest BCUT2D eigenvalue weighted by Gasteiger charge is 2.14. The number of nitrogens with zero attached hydrogens (tertiary/aromatic N) is 1. The molecule has 1 N–H and O–H groups in total. The minimum atomic E-state index is -0.331. The molecule has 0 saturated carbocycles. The number of amides is 2. The van der Waals surface area contributed by atoms with E-state index in [1.807, 2.05) is 0 Å². The first-order valence-electron chi connectivity index (χ1n) is 6.54. The topological polar surface area (TPSA) is 62.6 Å². The van der Waals surface area contributed by atoms with Crippen LogP contribution in [0.4, 0.5) is 5.69 Å². The highest BCUT2D eigenvalue weighted by atomic mass is 35.5. The lowest BCUT2D eigenvalue weighted by atomic mass is 10.2. The maximum Gasteiger partial charge on any atom is 0.287 e. The van der Waals surface area contributed by atoms with Gasteiger partial charge in [-0.05, 0) is 30.3 Å². The monoisotopic (exact) mass is 340 g/mol. The summed E-state index contributed by atoms with van der Waals surface area (Å²) >= 11 is 11.8. The van der Waals surface area contributed by atoms with E-state index in [9.17, 15) is 9.59 Å². The van der Waals surface area contributed by atoms with E-state index >= 15 is 0 Å². The lowest BCUT2D eigenvalue weighted by Crippen LogP contribution is -2.37. The molecule has 0 fully saturated rings. The summed E-state index contributed by atoms with van der Waals surface area (Å²) in [5.74, 6) is -0.266. The average molecular weight is 341 g/mol. The van der Waals surface area contributed by atoms with Gasteiger partial charge in [0.2, 0.25) is 5.91 Å². The zero-order chi connectivity index (χ0) is 16.1. The second-order valence-corrected chi connectivity index (χ2v) is 5.32. The number of benzene rings is 1. The van der Waals surface area contributed by atoms with Crippen molar-refractivity contribution in [3.8, 4) is 0 Å². The Bertz CT molecular complexity index is 671. The van der Waals surface area contributed by atoms with Crippen LogP contribution in [0.15, 0.2) is 41.0 Å². The third-order valence-corrected chi connectivity index (χ3v) is 3.70. The summed E-state index contributed by atoms with van der Waals surface area (Å²) in [4.78, 5) is 25.0. The van der Waals surface area contributed by atoms with E-state index in [-0.39, 0.29) is 24.1 Å². The zero-order valence-electron chi connectivity index (χ0n) is 11.8. The second kappa shape index (κ2) is 7.33. The van der Waals surface area contributed by atoms with Crippen molar-refractivity contribution >= 4 is 40.7 Å². The van der Waals surface area contributed by atoms with E-state index in [4.69, 9.17) is 27.6 Å². The normalized spacial score (nSPS) is 10.3. The van der Waals surface area contributed by atoms with Crippen LogP contribution in [-0.4, -0.2) is 24.9 Å². The second-order valence-electron chi connectivity index (χ2n) is 4.50. The molecule has 2 rings (SSSR count). The van der Waals surface area contributed by atoms with Crippen LogP contribution in [0.3, 0.4) is 0 Å². The number of nitrogens with one attached hydrogen (secondary N) is 1. The molecule has 0 aliphatic heterocycles. The van der Waals surface area contributed by atoms with E-state index in [1.54, 1.807) is 30.3 Å². The number of hydrogen-bond acceptors (Lipinski definition) is 3. The van der Waals surface area contributed by atoms with Gasteiger partial charge < -0.3 is 14.6 Å². The van der Waals surface area contributed by atoms with E-state index in [0.29, 0.717) is 22.3 Å². The van der Waals surface area contributed by atoms with Gasteiger partial charge in [0.25, 0.3) is 5.91 Å². The molecule has 2 aromatic rings. The molecule has 1 aromatic carbocycles. The number of carbonyl (C=O) groups is 2. The van der Waals surface area contributed by atoms with Crippen LogP contribution in [0.2, 0.25) is 10.0 Å². The van der Waals surface area contributed by atoms with Crippen molar-refractivity contribution in [1.29, 1.82) is 0 Å². The Hall–Kier alpha value is -1.98. The maximum atomic E-state index is 11.8. The molecule has 0 aliphatic rings. The van der Waals surface area contributed by atoms with Crippen LogP contribution in [-0.2, 0) is 4.79 Å². The molecule has 5 nitrogen and oxygen atoms in total. The molecule has 1 heterocycles. The molecular formula is C15H14Cl2N2O3. The molecule has 0 atom stereocenters. The van der Waals surface area contributed by atoms with Crippen LogP contribution in [0.5, 0.6) is 0 Å². The summed E-state index contributed by atoms with van der Waals surface area (Å²) in [6.45, 7) is 2.02. The fourth-order valence-corrected chi connectivity index (χ4v) is 2.19. The minimum Gasteiger partial charge on any atom is -0.459 e. The van der Waals surface area contributed by atoms with Gasteiger partial charge in [-0.2, -0.15) is 0 Å². The zero-order valence-corrected chi connectivity index (χ0v) is 13.3. The van der Waals surface area contributed by atoms with Gasteiger partial charge in [0.1, 0.15) is 0 Å². The van der Waals surface area contributed by atoms with Crippen LogP contribution >= 0.6 is 23.2 Å². The van der Waals surface area contributed by atoms with E-state index < -0.39 is 0 Å². The number of halogens is 2. The van der Waals surface area contributed by atoms with E-state index in [2.05, 4.69) is 5.32 Å². The molecule has 2 amide bonds. The summed E-state index contributed by atoms with van der Waals surface area (Å²) in [5, 5.41) is 3.46. The average Bonchev–Trinajstić information content (AvgIpc) is 3.00. The molecule has 0 spiro atoms. The summed E-state index contributed by atoms with van der Waals surface area (Å²) in [5.41, 5.74) is 0.620. The Kier molecular flexibility index (Phi) is 5.46. The fourth-order valence-electron chi connectivity index (χ4n) is 1.90. The van der Waals surface area contributed by atoms with Crippen molar-refractivity contribution in [1.82, 2.24) is 5.32 Å². The first kappa shape index (κ1) is 16.4. The van der Waals surface area contributed by atoms with Crippen molar-refractivity contribution in [3.05, 3.63) is 52.4 Å². The smallest absolute Gasteiger partial charge is 0.287 e. The molecule has 1 aromatic heterocycles. The van der Waals surface area contributed by atoms with Crippen molar-refractivity contribution in [2.75, 3.05) is 18.0 Å². The number of furan rings is 1. The quantitative estimate of drug-likeness (QED) is 0.907. The molecule has 22 heavy (non-hydrogen) atoms. The van der Waals surface area contributed by atoms with E-state index in [1.165, 1.54) is 18.1 Å². The molecular weight excluding hydrogens is 327 g/mol. The number of anilines is 1. The Labute approximate surface area is 137 Å². The van der Waals surface area contributed by atoms with Crippen molar-refractivity contribution < 1.29 is 14.0 Å². The first-order valence-corrected chi connectivity index (χ1v) is 7.29. The highest BCUT2D eigenvalue weighted by Crippen LogP contribution is 2.27. The molecule has 0 aliphatic carbocycles. The molecule has 0 radical (unpaired) electrons. The molecule has 0 bridgehead atoms. The number of rotatable bonds is 5. The van der Waals surface area contributed by atoms with Crippen LogP contribution in [0, 0.1) is 0 Å². The van der Waals surface area contributed by atoms with Crippen LogP contribution in [0.25, 0.3) is 0 Å². The van der Waals surface area contributed by atoms with Crippen molar-refractivity contribution in [2.24, 2.45) is 0 Å². The first-order chi connectivity index (χ1) is 10.5. The summed E-state index contributed by atoms with van der Waals surface area (Å²) in [6.07, 6.45) is 1.42. The Balaban J connectivity index is 1.99. The SMILES string of the molecule is CC(=O)N(CCNC(=O)c1ccco1)c1ccc(Cl)c(Cl)c1. The number of carbonyl (C=O) groups excluding carboxylic acids is 2. The van der Waals surface area contributed by atoms with Gasteiger partial charge in [-0.25, -0.2) is 0 Å². The van der Waals surface area contributed by atoms with Crippen LogP contribution < -0.4 is 10.2 Å². The van der Waals surface area contributed by atoms with E-state index in [0.717, 1.165) is 0 Å². The van der Waals surface area contributed by atoms with Crippen molar-refractivity contribution in [2.45, 2.75) is 6.92 Å². The van der Waals surface area contributed by atoms with Gasteiger partial charge in [-0.15, -0.1) is 0 Å². The van der Waals surface area contributed by atoms with Gasteiger partial charge in [0.05, 0.1) is 16.3 Å². The summed E-state index contributed by atoms with van der Waals surface area (Å²) < 4.78 is 4.99. The molecule has 0 saturated heterocycles. The predicted molar refractivity (Wildman–Crippen MR) is 85.5 cm³/mol. The highest BCUT2D eigenvalue weighted by molar-refractivity contribution is 6.42. The molecule has 0 unspecified atom stereocenters. The van der Waals surface area contributed by atoms with Gasteiger partial charge in [0, 0.05) is 25.7 Å². The molecule has 7 heteroatoms. The fraction of sp³-hybridized carbons (Fsp3) is 0.200. The molecule has 116 valence electrons. The third-order valence-electron chi connectivity index (χ3n) is 2.96. The Morgan fingerprint density at radius 3 is 2.59 bits per heavy atom. The van der Waals surface area contributed by atoms with Gasteiger partial charge >= 0.3 is 0 Å². The predicted octanol–water partition coefficient (Wildman–Crippen LogP) is 3.37. The Morgan fingerprint density at radius 2 is 2.00 bits per heavy atom. The number of hydrogen-bond donors (Lipinski definition) is 1. The minimum absolute atomic E-state index is 0.161. The Morgan fingerprint density at radius 1 is 1.23 bits per heavy atom. The lowest BCUT2D eigenvalue weighted by Gasteiger charge is -2.21. The largest absolute Gasteiger partial charge is 0.459 e. The van der Waals surface area contributed by atoms with Gasteiger partial charge in [0.15, 0.2) is 5.76 Å². The standard InChI is InChI=1S/C15H14Cl2N2O3/c1-10(20)19(11-4-5-12(16)13(17)9-11)7-6-18-15(21)14-3-2-8-22-14/h2-5,8-9H,6-7H2,1H3,(H,18,21). The third kappa shape index (κ3) is 4.02. The van der Waals surface area contributed by atoms with Gasteiger partial charge in [-0.3, -0.25) is 9.59 Å².